The summed E-state index contributed by atoms with van der Waals surface area (Å²) in [5.74, 6) is -1.39. The first-order valence-corrected chi connectivity index (χ1v) is 8.90. The number of aryl methyl sites for hydroxylation is 1. The number of carboxylic acids is 1. The second-order valence-electron chi connectivity index (χ2n) is 6.69. The molecule has 1 fully saturated rings. The van der Waals surface area contributed by atoms with E-state index in [1.165, 1.54) is 12.1 Å². The van der Waals surface area contributed by atoms with Gasteiger partial charge in [0, 0.05) is 26.2 Å². The standard InChI is InChI=1S/C21H22N2O4/c1-15-6-8-16(9-7-15)14-19(24)22-10-12-23(13-11-22)20(25)17-4-2-3-5-18(17)21(26)27/h2-9H,10-14H2,1H3,(H,26,27). The summed E-state index contributed by atoms with van der Waals surface area (Å²) in [6.07, 6.45) is 0.343. The van der Waals surface area contributed by atoms with E-state index in [-0.39, 0.29) is 22.9 Å². The Morgan fingerprint density at radius 1 is 0.852 bits per heavy atom. The zero-order valence-corrected chi connectivity index (χ0v) is 15.2. The first-order valence-electron chi connectivity index (χ1n) is 8.90. The number of rotatable bonds is 4. The summed E-state index contributed by atoms with van der Waals surface area (Å²) in [5, 5.41) is 9.26. The van der Waals surface area contributed by atoms with Gasteiger partial charge in [-0.15, -0.1) is 0 Å². The Morgan fingerprint density at radius 2 is 1.41 bits per heavy atom. The molecule has 1 aliphatic rings. The molecule has 3 rings (SSSR count). The van der Waals surface area contributed by atoms with Gasteiger partial charge in [0.15, 0.2) is 0 Å². The first-order chi connectivity index (χ1) is 13.0. The van der Waals surface area contributed by atoms with Crippen LogP contribution in [0.25, 0.3) is 0 Å². The Balaban J connectivity index is 1.60. The van der Waals surface area contributed by atoms with Crippen LogP contribution in [-0.4, -0.2) is 58.9 Å². The Morgan fingerprint density at radius 3 is 2.00 bits per heavy atom. The molecular weight excluding hydrogens is 344 g/mol. The van der Waals surface area contributed by atoms with Crippen LogP contribution in [0.3, 0.4) is 0 Å². The maximum atomic E-state index is 12.7. The van der Waals surface area contributed by atoms with Gasteiger partial charge in [-0.1, -0.05) is 42.0 Å². The van der Waals surface area contributed by atoms with Crippen LogP contribution in [0.4, 0.5) is 0 Å². The molecule has 0 radical (unpaired) electrons. The third kappa shape index (κ3) is 4.34. The summed E-state index contributed by atoms with van der Waals surface area (Å²) < 4.78 is 0. The van der Waals surface area contributed by atoms with E-state index >= 15 is 0 Å². The quantitative estimate of drug-likeness (QED) is 0.900. The largest absolute Gasteiger partial charge is 0.478 e. The van der Waals surface area contributed by atoms with E-state index in [4.69, 9.17) is 0 Å². The predicted molar refractivity (Wildman–Crippen MR) is 101 cm³/mol. The molecule has 27 heavy (non-hydrogen) atoms. The van der Waals surface area contributed by atoms with Crippen LogP contribution in [-0.2, 0) is 11.2 Å². The Bertz CT molecular complexity index is 853. The topological polar surface area (TPSA) is 77.9 Å². The van der Waals surface area contributed by atoms with Crippen LogP contribution < -0.4 is 0 Å². The van der Waals surface area contributed by atoms with Gasteiger partial charge < -0.3 is 14.9 Å². The molecule has 0 aromatic heterocycles. The Labute approximate surface area is 158 Å². The smallest absolute Gasteiger partial charge is 0.336 e. The highest BCUT2D eigenvalue weighted by molar-refractivity contribution is 6.04. The van der Waals surface area contributed by atoms with E-state index in [0.717, 1.165) is 11.1 Å². The summed E-state index contributed by atoms with van der Waals surface area (Å²) in [4.78, 5) is 39.9. The molecule has 0 aliphatic carbocycles. The highest BCUT2D eigenvalue weighted by Gasteiger charge is 2.27. The number of carbonyl (C=O) groups excluding carboxylic acids is 2. The number of hydrogen-bond acceptors (Lipinski definition) is 3. The summed E-state index contributed by atoms with van der Waals surface area (Å²) in [6, 6.07) is 14.1. The number of amides is 2. The third-order valence-electron chi connectivity index (χ3n) is 4.78. The van der Waals surface area contributed by atoms with Crippen molar-refractivity contribution >= 4 is 17.8 Å². The molecule has 2 amide bonds. The second kappa shape index (κ2) is 8.03. The maximum absolute atomic E-state index is 12.7. The van der Waals surface area contributed by atoms with Crippen molar-refractivity contribution in [1.82, 2.24) is 9.80 Å². The molecular formula is C21H22N2O4. The van der Waals surface area contributed by atoms with E-state index in [0.29, 0.717) is 32.6 Å². The van der Waals surface area contributed by atoms with Crippen molar-refractivity contribution in [3.63, 3.8) is 0 Å². The van der Waals surface area contributed by atoms with Crippen molar-refractivity contribution in [2.45, 2.75) is 13.3 Å². The molecule has 2 aromatic carbocycles. The lowest BCUT2D eigenvalue weighted by Crippen LogP contribution is -2.51. The van der Waals surface area contributed by atoms with Gasteiger partial charge in [-0.05, 0) is 24.6 Å². The molecule has 0 bridgehead atoms. The minimum absolute atomic E-state index is 0.000349. The fourth-order valence-electron chi connectivity index (χ4n) is 3.18. The van der Waals surface area contributed by atoms with Gasteiger partial charge in [-0.25, -0.2) is 4.79 Å². The molecule has 0 saturated carbocycles. The molecule has 6 nitrogen and oxygen atoms in total. The maximum Gasteiger partial charge on any atom is 0.336 e. The van der Waals surface area contributed by atoms with Crippen LogP contribution in [0.2, 0.25) is 0 Å². The lowest BCUT2D eigenvalue weighted by Gasteiger charge is -2.35. The van der Waals surface area contributed by atoms with Crippen molar-refractivity contribution in [2.24, 2.45) is 0 Å². The number of carbonyl (C=O) groups is 3. The van der Waals surface area contributed by atoms with E-state index in [2.05, 4.69) is 0 Å². The van der Waals surface area contributed by atoms with Gasteiger partial charge in [0.25, 0.3) is 5.91 Å². The van der Waals surface area contributed by atoms with Crippen LogP contribution in [0.15, 0.2) is 48.5 Å². The molecule has 2 aromatic rings. The van der Waals surface area contributed by atoms with Gasteiger partial charge in [0.1, 0.15) is 0 Å². The molecule has 140 valence electrons. The highest BCUT2D eigenvalue weighted by Crippen LogP contribution is 2.15. The average Bonchev–Trinajstić information content (AvgIpc) is 2.69. The highest BCUT2D eigenvalue weighted by atomic mass is 16.4. The van der Waals surface area contributed by atoms with Crippen molar-refractivity contribution in [2.75, 3.05) is 26.2 Å². The zero-order chi connectivity index (χ0) is 19.4. The van der Waals surface area contributed by atoms with Crippen LogP contribution in [0.1, 0.15) is 31.8 Å². The minimum Gasteiger partial charge on any atom is -0.478 e. The van der Waals surface area contributed by atoms with E-state index in [1.807, 2.05) is 31.2 Å². The Kier molecular flexibility index (Phi) is 5.54. The normalized spacial score (nSPS) is 14.1. The first kappa shape index (κ1) is 18.6. The number of aromatic carboxylic acids is 1. The van der Waals surface area contributed by atoms with Crippen LogP contribution in [0.5, 0.6) is 0 Å². The van der Waals surface area contributed by atoms with E-state index in [1.54, 1.807) is 21.9 Å². The molecule has 0 unspecified atom stereocenters. The van der Waals surface area contributed by atoms with Crippen LogP contribution >= 0.6 is 0 Å². The summed E-state index contributed by atoms with van der Waals surface area (Å²) in [6.45, 7) is 3.69. The lowest BCUT2D eigenvalue weighted by molar-refractivity contribution is -0.131. The summed E-state index contributed by atoms with van der Waals surface area (Å²) >= 11 is 0. The fraction of sp³-hybridized carbons (Fsp3) is 0.286. The lowest BCUT2D eigenvalue weighted by atomic mass is 10.1. The average molecular weight is 366 g/mol. The van der Waals surface area contributed by atoms with Gasteiger partial charge >= 0.3 is 5.97 Å². The monoisotopic (exact) mass is 366 g/mol. The molecule has 1 N–H and O–H groups in total. The third-order valence-corrected chi connectivity index (χ3v) is 4.78. The summed E-state index contributed by atoms with van der Waals surface area (Å²) in [5.41, 5.74) is 2.31. The van der Waals surface area contributed by atoms with Gasteiger partial charge in [0.05, 0.1) is 17.5 Å². The van der Waals surface area contributed by atoms with Crippen molar-refractivity contribution in [1.29, 1.82) is 0 Å². The SMILES string of the molecule is Cc1ccc(CC(=O)N2CCN(C(=O)c3ccccc3C(=O)O)CC2)cc1. The summed E-state index contributed by atoms with van der Waals surface area (Å²) in [7, 11) is 0. The fourth-order valence-corrected chi connectivity index (χ4v) is 3.18. The van der Waals surface area contributed by atoms with Crippen molar-refractivity contribution < 1.29 is 19.5 Å². The van der Waals surface area contributed by atoms with E-state index in [9.17, 15) is 19.5 Å². The number of hydrogen-bond donors (Lipinski definition) is 1. The molecule has 0 spiro atoms. The molecule has 1 heterocycles. The molecule has 0 atom stereocenters. The zero-order valence-electron chi connectivity index (χ0n) is 15.2. The van der Waals surface area contributed by atoms with Crippen molar-refractivity contribution in [3.8, 4) is 0 Å². The number of carboxylic acid groups (broad SMARTS) is 1. The second-order valence-corrected chi connectivity index (χ2v) is 6.69. The van der Waals surface area contributed by atoms with Crippen LogP contribution in [0, 0.1) is 6.92 Å². The minimum atomic E-state index is -1.12. The van der Waals surface area contributed by atoms with Gasteiger partial charge in [-0.3, -0.25) is 9.59 Å². The predicted octanol–water partition coefficient (Wildman–Crippen LogP) is 2.22. The Hall–Kier alpha value is -3.15. The van der Waals surface area contributed by atoms with E-state index < -0.39 is 5.97 Å². The van der Waals surface area contributed by atoms with Crippen molar-refractivity contribution in [3.05, 3.63) is 70.8 Å². The number of benzene rings is 2. The number of nitrogens with zero attached hydrogens (tertiary/aromatic N) is 2. The number of piperazine rings is 1. The van der Waals surface area contributed by atoms with Gasteiger partial charge in [0.2, 0.25) is 5.91 Å². The molecule has 6 heteroatoms. The molecule has 1 aliphatic heterocycles. The van der Waals surface area contributed by atoms with Gasteiger partial charge in [-0.2, -0.15) is 0 Å². The molecule has 1 saturated heterocycles.